The van der Waals surface area contributed by atoms with Crippen LogP contribution in [0, 0.1) is 5.41 Å². The molecule has 1 aromatic rings. The maximum absolute atomic E-state index is 12.4. The van der Waals surface area contributed by atoms with Gasteiger partial charge in [-0.1, -0.05) is 55.7 Å². The molecule has 222 valence electrons. The zero-order chi connectivity index (χ0) is 29.8. The summed E-state index contributed by atoms with van der Waals surface area (Å²) < 4.78 is 21.6. The topological polar surface area (TPSA) is 158 Å². The number of rotatable bonds is 12. The van der Waals surface area contributed by atoms with Crippen LogP contribution in [0.4, 0.5) is 0 Å². The number of hydrogen-bond acceptors (Lipinski definition) is 11. The molecule has 0 radical (unpaired) electrons. The lowest BCUT2D eigenvalue weighted by Crippen LogP contribution is -2.41. The number of nitrogens with one attached hydrogen (secondary N) is 2. The van der Waals surface area contributed by atoms with Gasteiger partial charge in [-0.05, 0) is 32.6 Å². The van der Waals surface area contributed by atoms with E-state index in [0.29, 0.717) is 0 Å². The fourth-order valence-corrected chi connectivity index (χ4v) is 7.00. The number of ether oxygens (including phenoxy) is 2. The lowest BCUT2D eigenvalue weighted by atomic mass is 10.00. The van der Waals surface area contributed by atoms with Gasteiger partial charge in [-0.3, -0.25) is 23.9 Å². The Morgan fingerprint density at radius 3 is 2.51 bits per heavy atom. The number of halogens is 2. The largest absolute Gasteiger partial charge is 0.462 e. The van der Waals surface area contributed by atoms with Gasteiger partial charge >= 0.3 is 11.7 Å². The number of aromatic amines is 1. The lowest BCUT2D eigenvalue weighted by Gasteiger charge is -2.28. The molecule has 1 aromatic heterocycles. The molecule has 1 aliphatic rings. The lowest BCUT2D eigenvalue weighted by molar-refractivity contribution is -0.149. The first kappa shape index (κ1) is 34.4. The number of aliphatic hydroxyl groups excluding tert-OH is 1. The van der Waals surface area contributed by atoms with E-state index in [2.05, 4.69) is 10.1 Å². The molecule has 1 aliphatic heterocycles. The summed E-state index contributed by atoms with van der Waals surface area (Å²) in [5.74, 6) is -0.310. The number of hydrogen-bond donors (Lipinski definition) is 3. The predicted molar refractivity (Wildman–Crippen MR) is 153 cm³/mol. The highest BCUT2D eigenvalue weighted by atomic mass is 35.5. The van der Waals surface area contributed by atoms with Gasteiger partial charge in [0.05, 0.1) is 19.3 Å². The number of aromatic nitrogens is 2. The van der Waals surface area contributed by atoms with Crippen molar-refractivity contribution in [2.45, 2.75) is 76.5 Å². The van der Waals surface area contributed by atoms with Gasteiger partial charge in [-0.25, -0.2) is 9.88 Å². The van der Waals surface area contributed by atoms with Crippen LogP contribution in [-0.4, -0.2) is 73.4 Å². The van der Waals surface area contributed by atoms with Crippen LogP contribution in [-0.2, 0) is 39.9 Å². The van der Waals surface area contributed by atoms with Crippen molar-refractivity contribution >= 4 is 64.5 Å². The number of esters is 1. The predicted octanol–water partition coefficient (Wildman–Crippen LogP) is 2.46. The van der Waals surface area contributed by atoms with E-state index >= 15 is 0 Å². The van der Waals surface area contributed by atoms with Crippen molar-refractivity contribution in [2.24, 2.45) is 5.41 Å². The van der Waals surface area contributed by atoms with Crippen LogP contribution in [0.3, 0.4) is 0 Å². The quantitative estimate of drug-likeness (QED) is 0.132. The van der Waals surface area contributed by atoms with Crippen molar-refractivity contribution in [1.82, 2.24) is 14.6 Å². The summed E-state index contributed by atoms with van der Waals surface area (Å²) in [6, 6.07) is 0.159. The molecule has 17 heteroatoms. The maximum atomic E-state index is 12.4. The molecule has 2 rings (SSSR count). The van der Waals surface area contributed by atoms with Crippen LogP contribution in [0.1, 0.15) is 47.8 Å². The molecule has 2 heterocycles. The zero-order valence-corrected chi connectivity index (χ0v) is 26.4. The normalized spacial score (nSPS) is 23.4. The summed E-state index contributed by atoms with van der Waals surface area (Å²) >= 11 is 19.4. The van der Waals surface area contributed by atoms with E-state index < -0.39 is 58.1 Å². The van der Waals surface area contributed by atoms with Crippen LogP contribution >= 0.6 is 41.6 Å². The second kappa shape index (κ2) is 13.9. The molecule has 1 saturated heterocycles. The van der Waals surface area contributed by atoms with Crippen molar-refractivity contribution in [3.8, 4) is 0 Å². The first-order valence-electron chi connectivity index (χ1n) is 11.9. The number of nitrogens with zero attached hydrogens (tertiary/aromatic N) is 1. The SMILES string of the molecule is CC(C)OC(=O)[C@H](C)N[P@](=S)(OCCSC(=O)C(C)(C)C)OC[C@H]1O[C@@H](n2ccc(=O)[nH]c2=O)C(Cl)(Cl)[C@@H]1O. The first-order chi connectivity index (χ1) is 17.9. The molecule has 3 N–H and O–H groups in total. The Hall–Kier alpha value is -0.800. The minimum atomic E-state index is -3.44. The fourth-order valence-electron chi connectivity index (χ4n) is 3.13. The Kier molecular flexibility index (Phi) is 12.3. The summed E-state index contributed by atoms with van der Waals surface area (Å²) in [7, 11) is 0. The van der Waals surface area contributed by atoms with Gasteiger partial charge < -0.3 is 23.6 Å². The molecule has 39 heavy (non-hydrogen) atoms. The van der Waals surface area contributed by atoms with E-state index in [9.17, 15) is 24.3 Å². The number of carbonyl (C=O) groups excluding carboxylic acids is 2. The van der Waals surface area contributed by atoms with Gasteiger partial charge in [0.1, 0.15) is 18.2 Å². The molecule has 0 amide bonds. The monoisotopic (exact) mass is 649 g/mol. The van der Waals surface area contributed by atoms with Crippen LogP contribution in [0.2, 0.25) is 0 Å². The Labute approximate surface area is 245 Å². The number of carbonyl (C=O) groups is 2. The van der Waals surface area contributed by atoms with Crippen LogP contribution < -0.4 is 16.3 Å². The summed E-state index contributed by atoms with van der Waals surface area (Å²) in [6.45, 7) is 6.52. The molecular formula is C22H34Cl2N3O9PS2. The first-order valence-corrected chi connectivity index (χ1v) is 16.3. The third-order valence-electron chi connectivity index (χ3n) is 5.14. The van der Waals surface area contributed by atoms with Crippen LogP contribution in [0.25, 0.3) is 0 Å². The average Bonchev–Trinajstić information content (AvgIpc) is 3.03. The fraction of sp³-hybridized carbons (Fsp3) is 0.727. The molecular weight excluding hydrogens is 616 g/mol. The van der Waals surface area contributed by atoms with Crippen molar-refractivity contribution < 1.29 is 33.2 Å². The zero-order valence-electron chi connectivity index (χ0n) is 22.3. The number of H-pyrrole nitrogens is 1. The van der Waals surface area contributed by atoms with Gasteiger partial charge in [0.25, 0.3) is 12.2 Å². The molecule has 5 atom stereocenters. The molecule has 1 fully saturated rings. The van der Waals surface area contributed by atoms with Crippen LogP contribution in [0.15, 0.2) is 21.9 Å². The third-order valence-corrected chi connectivity index (χ3v) is 9.87. The van der Waals surface area contributed by atoms with E-state index in [1.807, 2.05) is 0 Å². The standard InChI is InChI=1S/C22H34Cl2N3O9PS2/c1-12(2)35-17(30)13(3)26-37(38,33-9-10-39-19(31)21(4,5)6)34-11-14-16(29)22(23,24)18(36-14)27-8-7-15(28)25-20(27)32/h7-8,12-14,16,18,29H,9-11H2,1-6H3,(H,26,38)(H,25,28,32)/t13-,14+,16+,18+,37-/m0/s1. The van der Waals surface area contributed by atoms with Crippen LogP contribution in [0.5, 0.6) is 0 Å². The summed E-state index contributed by atoms with van der Waals surface area (Å²) in [6.07, 6.45) is -3.32. The van der Waals surface area contributed by atoms with E-state index in [1.165, 1.54) is 6.92 Å². The summed E-state index contributed by atoms with van der Waals surface area (Å²) in [4.78, 5) is 50.3. The summed E-state index contributed by atoms with van der Waals surface area (Å²) in [5.41, 5.74) is -2.02. The van der Waals surface area contributed by atoms with Gasteiger partial charge in [0, 0.05) is 23.4 Å². The van der Waals surface area contributed by atoms with Crippen molar-refractivity contribution in [3.05, 3.63) is 33.1 Å². The van der Waals surface area contributed by atoms with Crippen molar-refractivity contribution in [2.75, 3.05) is 19.0 Å². The minimum Gasteiger partial charge on any atom is -0.462 e. The Balaban J connectivity index is 2.16. The van der Waals surface area contributed by atoms with E-state index in [-0.39, 0.29) is 30.2 Å². The Bertz CT molecular complexity index is 1190. The second-order valence-electron chi connectivity index (χ2n) is 10.0. The molecule has 12 nitrogen and oxygen atoms in total. The Morgan fingerprint density at radius 1 is 1.31 bits per heavy atom. The van der Waals surface area contributed by atoms with Crippen molar-refractivity contribution in [1.29, 1.82) is 0 Å². The molecule has 0 aliphatic carbocycles. The molecule has 0 spiro atoms. The number of aliphatic hydroxyl groups is 1. The van der Waals surface area contributed by atoms with Gasteiger partial charge in [-0.2, -0.15) is 0 Å². The minimum absolute atomic E-state index is 0.0150. The third kappa shape index (κ3) is 9.63. The number of thioether (sulfide) groups is 1. The van der Waals surface area contributed by atoms with E-state index in [1.54, 1.807) is 34.6 Å². The highest BCUT2D eigenvalue weighted by Crippen LogP contribution is 2.49. The van der Waals surface area contributed by atoms with E-state index in [0.717, 1.165) is 28.6 Å². The summed E-state index contributed by atoms with van der Waals surface area (Å²) in [5, 5.41) is 13.6. The second-order valence-corrected chi connectivity index (χ2v) is 15.7. The molecule has 0 saturated carbocycles. The van der Waals surface area contributed by atoms with E-state index in [4.69, 9.17) is 53.5 Å². The van der Waals surface area contributed by atoms with Gasteiger partial charge in [0.2, 0.25) is 0 Å². The van der Waals surface area contributed by atoms with Crippen molar-refractivity contribution in [3.63, 3.8) is 0 Å². The molecule has 0 bridgehead atoms. The molecule has 0 unspecified atom stereocenters. The highest BCUT2D eigenvalue weighted by molar-refractivity contribution is 8.13. The average molecular weight is 651 g/mol. The molecule has 0 aromatic carbocycles. The maximum Gasteiger partial charge on any atom is 0.330 e. The Morgan fingerprint density at radius 2 is 1.95 bits per heavy atom. The van der Waals surface area contributed by atoms with Gasteiger partial charge in [0.15, 0.2) is 15.7 Å². The van der Waals surface area contributed by atoms with Gasteiger partial charge in [-0.15, -0.1) is 0 Å². The smallest absolute Gasteiger partial charge is 0.330 e. The highest BCUT2D eigenvalue weighted by Gasteiger charge is 2.56. The number of alkyl halides is 2.